The topological polar surface area (TPSA) is 90.4 Å². The summed E-state index contributed by atoms with van der Waals surface area (Å²) < 4.78 is 47.9. The minimum atomic E-state index is -5.27. The number of esters is 1. The lowest BCUT2D eigenvalue weighted by Crippen LogP contribution is -2.57. The number of likely N-dealkylation sites (tertiary alicyclic amines) is 2. The summed E-state index contributed by atoms with van der Waals surface area (Å²) in [5.41, 5.74) is -3.64. The molecular formula is C36H43Cl3F3N3O5. The van der Waals surface area contributed by atoms with Crippen molar-refractivity contribution < 1.29 is 37.4 Å². The van der Waals surface area contributed by atoms with Gasteiger partial charge in [0.05, 0.1) is 17.0 Å². The quantitative estimate of drug-likeness (QED) is 0.277. The standard InChI is InChI=1S/C36H43Cl3F3N3O5/c1-34(2,3)50-31(46)15-24-20-45(21-24)32(47)29-5-4-28(19-30(29)39)43-10-6-22(7-11-43)14-23-8-12-44(13-9-23)33(48)35(49,36(40,41)42)25-16-26(37)18-27(38)17-25/h4-5,16-19,22-24,49H,6-15,20-21H2,1-3H3/t35-/m1/s1. The minimum Gasteiger partial charge on any atom is -0.460 e. The van der Waals surface area contributed by atoms with Crippen molar-refractivity contribution in [2.24, 2.45) is 17.8 Å². The average Bonchev–Trinajstić information content (AvgIpc) is 3.00. The molecule has 2 amide bonds. The highest BCUT2D eigenvalue weighted by atomic mass is 35.5. The third-order valence-electron chi connectivity index (χ3n) is 9.85. The van der Waals surface area contributed by atoms with Crippen molar-refractivity contribution in [3.8, 4) is 0 Å². The van der Waals surface area contributed by atoms with Crippen LogP contribution in [0.4, 0.5) is 18.9 Å². The van der Waals surface area contributed by atoms with E-state index < -0.39 is 28.8 Å². The van der Waals surface area contributed by atoms with E-state index in [1.165, 1.54) is 6.07 Å². The van der Waals surface area contributed by atoms with Crippen LogP contribution in [0.5, 0.6) is 0 Å². The molecule has 14 heteroatoms. The second kappa shape index (κ2) is 15.1. The smallest absolute Gasteiger partial charge is 0.430 e. The van der Waals surface area contributed by atoms with Crippen LogP contribution in [0, 0.1) is 17.8 Å². The van der Waals surface area contributed by atoms with Gasteiger partial charge in [0.25, 0.3) is 17.4 Å². The Morgan fingerprint density at radius 1 is 0.820 bits per heavy atom. The number of halogens is 6. The monoisotopic (exact) mass is 759 g/mol. The number of aliphatic hydroxyl groups is 1. The normalized spacial score (nSPS) is 19.6. The zero-order valence-electron chi connectivity index (χ0n) is 28.4. The highest BCUT2D eigenvalue weighted by Crippen LogP contribution is 2.43. The number of anilines is 1. The van der Waals surface area contributed by atoms with E-state index in [0.29, 0.717) is 42.4 Å². The SMILES string of the molecule is CC(C)(C)OC(=O)CC1CN(C(=O)c2ccc(N3CCC(CC4CCN(C(=O)[C@](O)(c5cc(Cl)cc(Cl)c5)C(F)(F)F)CC4)CC3)cc2Cl)C1. The number of hydrogen-bond donors (Lipinski definition) is 1. The van der Waals surface area contributed by atoms with Crippen LogP contribution in [0.25, 0.3) is 0 Å². The molecule has 1 N–H and O–H groups in total. The van der Waals surface area contributed by atoms with E-state index in [2.05, 4.69) is 4.90 Å². The van der Waals surface area contributed by atoms with E-state index in [0.717, 1.165) is 55.1 Å². The number of hydrogen-bond acceptors (Lipinski definition) is 6. The molecule has 50 heavy (non-hydrogen) atoms. The van der Waals surface area contributed by atoms with Gasteiger partial charge in [-0.25, -0.2) is 0 Å². The van der Waals surface area contributed by atoms with Gasteiger partial charge in [-0.05, 0) is 101 Å². The Morgan fingerprint density at radius 2 is 1.38 bits per heavy atom. The van der Waals surface area contributed by atoms with E-state index in [1.54, 1.807) is 11.0 Å². The summed E-state index contributed by atoms with van der Waals surface area (Å²) >= 11 is 18.4. The van der Waals surface area contributed by atoms with Gasteiger partial charge in [0.2, 0.25) is 0 Å². The molecule has 2 aromatic rings. The summed E-state index contributed by atoms with van der Waals surface area (Å²) in [6, 6.07) is 8.55. The fraction of sp³-hybridized carbons (Fsp3) is 0.583. The van der Waals surface area contributed by atoms with Crippen molar-refractivity contribution in [2.45, 2.75) is 76.7 Å². The molecule has 1 atom stereocenters. The van der Waals surface area contributed by atoms with Crippen molar-refractivity contribution in [3.63, 3.8) is 0 Å². The van der Waals surface area contributed by atoms with Gasteiger partial charge in [-0.15, -0.1) is 0 Å². The van der Waals surface area contributed by atoms with E-state index in [1.807, 2.05) is 32.9 Å². The maximum Gasteiger partial charge on any atom is 0.430 e. The fourth-order valence-corrected chi connectivity index (χ4v) is 7.98. The van der Waals surface area contributed by atoms with E-state index >= 15 is 0 Å². The van der Waals surface area contributed by atoms with Crippen LogP contribution < -0.4 is 4.90 Å². The van der Waals surface area contributed by atoms with Crippen LogP contribution in [0.2, 0.25) is 15.1 Å². The van der Waals surface area contributed by atoms with Crippen molar-refractivity contribution in [1.82, 2.24) is 9.80 Å². The van der Waals surface area contributed by atoms with Crippen LogP contribution in [-0.4, -0.2) is 83.7 Å². The number of benzene rings is 2. The predicted octanol–water partition coefficient (Wildman–Crippen LogP) is 7.75. The number of ether oxygens (including phenoxy) is 1. The number of nitrogens with zero attached hydrogens (tertiary/aromatic N) is 3. The Hall–Kier alpha value is -2.73. The summed E-state index contributed by atoms with van der Waals surface area (Å²) in [6.45, 7) is 8.25. The Morgan fingerprint density at radius 3 is 1.90 bits per heavy atom. The van der Waals surface area contributed by atoms with Crippen molar-refractivity contribution in [2.75, 3.05) is 44.2 Å². The second-order valence-corrected chi connectivity index (χ2v) is 16.1. The first-order valence-electron chi connectivity index (χ1n) is 16.9. The molecule has 3 saturated heterocycles. The fourth-order valence-electron chi connectivity index (χ4n) is 7.20. The van der Waals surface area contributed by atoms with Gasteiger partial charge < -0.3 is 24.5 Å². The summed E-state index contributed by atoms with van der Waals surface area (Å²) in [5, 5.41) is 11.0. The summed E-state index contributed by atoms with van der Waals surface area (Å²) in [4.78, 5) is 43.4. The Kier molecular flexibility index (Phi) is 11.6. The van der Waals surface area contributed by atoms with Gasteiger partial charge >= 0.3 is 12.1 Å². The van der Waals surface area contributed by atoms with Gasteiger partial charge in [-0.2, -0.15) is 13.2 Å². The molecule has 0 spiro atoms. The number of carbonyl (C=O) groups excluding carboxylic acids is 3. The lowest BCUT2D eigenvalue weighted by molar-refractivity contribution is -0.262. The maximum atomic E-state index is 14.2. The summed E-state index contributed by atoms with van der Waals surface area (Å²) in [7, 11) is 0. The van der Waals surface area contributed by atoms with Gasteiger partial charge in [-0.1, -0.05) is 34.8 Å². The molecule has 0 aromatic heterocycles. The molecule has 0 unspecified atom stereocenters. The lowest BCUT2D eigenvalue weighted by atomic mass is 9.82. The van der Waals surface area contributed by atoms with Crippen LogP contribution in [0.3, 0.4) is 0 Å². The third-order valence-corrected chi connectivity index (χ3v) is 10.6. The molecule has 8 nitrogen and oxygen atoms in total. The molecule has 3 fully saturated rings. The van der Waals surface area contributed by atoms with E-state index in [-0.39, 0.29) is 53.3 Å². The number of rotatable bonds is 8. The van der Waals surface area contributed by atoms with Crippen LogP contribution in [-0.2, 0) is 19.9 Å². The molecule has 5 rings (SSSR count). The molecule has 0 radical (unpaired) electrons. The van der Waals surface area contributed by atoms with Crippen molar-refractivity contribution in [3.05, 3.63) is 62.6 Å². The van der Waals surface area contributed by atoms with Crippen LogP contribution >= 0.6 is 34.8 Å². The predicted molar refractivity (Wildman–Crippen MR) is 187 cm³/mol. The number of carbonyl (C=O) groups is 3. The van der Waals surface area contributed by atoms with Crippen LogP contribution in [0.1, 0.15) is 75.2 Å². The van der Waals surface area contributed by atoms with Crippen molar-refractivity contribution >= 4 is 58.3 Å². The zero-order chi connectivity index (χ0) is 36.6. The van der Waals surface area contributed by atoms with Crippen LogP contribution in [0.15, 0.2) is 36.4 Å². The first kappa shape index (κ1) is 38.5. The first-order valence-corrected chi connectivity index (χ1v) is 18.1. The molecular weight excluding hydrogens is 718 g/mol. The molecule has 0 aliphatic carbocycles. The second-order valence-electron chi connectivity index (χ2n) is 14.8. The third kappa shape index (κ3) is 8.82. The summed E-state index contributed by atoms with van der Waals surface area (Å²) in [6.07, 6.45) is -1.16. The van der Waals surface area contributed by atoms with Crippen molar-refractivity contribution in [1.29, 1.82) is 0 Å². The number of amides is 2. The molecule has 274 valence electrons. The Labute approximate surface area is 305 Å². The van der Waals surface area contributed by atoms with Gasteiger partial charge in [0.15, 0.2) is 0 Å². The largest absolute Gasteiger partial charge is 0.460 e. The molecule has 2 aromatic carbocycles. The van der Waals surface area contributed by atoms with E-state index in [9.17, 15) is 32.7 Å². The maximum absolute atomic E-state index is 14.2. The van der Waals surface area contributed by atoms with Gasteiger partial charge in [-0.3, -0.25) is 14.4 Å². The minimum absolute atomic E-state index is 0.0670. The Balaban J connectivity index is 1.08. The summed E-state index contributed by atoms with van der Waals surface area (Å²) in [5.74, 6) is -1.11. The van der Waals surface area contributed by atoms with Gasteiger partial charge in [0.1, 0.15) is 5.60 Å². The molecule has 3 aliphatic rings. The number of alkyl halides is 3. The highest BCUT2D eigenvalue weighted by molar-refractivity contribution is 6.35. The highest BCUT2D eigenvalue weighted by Gasteiger charge is 2.62. The van der Waals surface area contributed by atoms with E-state index in [4.69, 9.17) is 39.5 Å². The first-order chi connectivity index (χ1) is 23.3. The molecule has 3 aliphatic heterocycles. The zero-order valence-corrected chi connectivity index (χ0v) is 30.6. The molecule has 0 bridgehead atoms. The molecule has 3 heterocycles. The number of piperidine rings is 2. The molecule has 0 saturated carbocycles. The van der Waals surface area contributed by atoms with Gasteiger partial charge in [0, 0.05) is 66.5 Å². The average molecular weight is 761 g/mol. The Bertz CT molecular complexity index is 1560. The lowest BCUT2D eigenvalue weighted by Gasteiger charge is -2.40.